The number of benzene rings is 2. The van der Waals surface area contributed by atoms with Crippen molar-refractivity contribution in [2.45, 2.75) is 10.6 Å². The lowest BCUT2D eigenvalue weighted by Gasteiger charge is -2.06. The molecule has 5 heteroatoms. The molecule has 1 unspecified atom stereocenters. The van der Waals surface area contributed by atoms with E-state index in [0.29, 0.717) is 10.5 Å². The van der Waals surface area contributed by atoms with Crippen molar-refractivity contribution in [3.05, 3.63) is 65.5 Å². The summed E-state index contributed by atoms with van der Waals surface area (Å²) in [6.45, 7) is 0. The van der Waals surface area contributed by atoms with E-state index in [1.54, 1.807) is 24.3 Å². The minimum absolute atomic E-state index is 0.0475. The van der Waals surface area contributed by atoms with Crippen LogP contribution >= 0.6 is 0 Å². The van der Waals surface area contributed by atoms with Crippen LogP contribution in [-0.4, -0.2) is 15.3 Å². The summed E-state index contributed by atoms with van der Waals surface area (Å²) in [7, 11) is -1.47. The smallest absolute Gasteiger partial charge is 0.335 e. The van der Waals surface area contributed by atoms with Crippen molar-refractivity contribution >= 4 is 16.8 Å². The molecule has 0 saturated heterocycles. The normalized spacial score (nSPS) is 12.1. The number of halogens is 1. The van der Waals surface area contributed by atoms with E-state index in [4.69, 9.17) is 5.11 Å². The fourth-order valence-corrected chi connectivity index (χ4v) is 2.86. The highest BCUT2D eigenvalue weighted by Gasteiger charge is 2.13. The molecule has 0 radical (unpaired) electrons. The molecule has 2 aromatic rings. The van der Waals surface area contributed by atoms with Crippen LogP contribution in [0.3, 0.4) is 0 Å². The second-order valence-corrected chi connectivity index (χ2v) is 5.36. The van der Waals surface area contributed by atoms with Gasteiger partial charge in [-0.15, -0.1) is 0 Å². The summed E-state index contributed by atoms with van der Waals surface area (Å²) in [5, 5.41) is 9.03. The average Bonchev–Trinajstić information content (AvgIpc) is 2.39. The number of carbonyl (C=O) groups is 1. The van der Waals surface area contributed by atoms with E-state index in [-0.39, 0.29) is 11.3 Å². The lowest BCUT2D eigenvalue weighted by molar-refractivity contribution is 0.0696. The summed E-state index contributed by atoms with van der Waals surface area (Å²) in [4.78, 5) is 11.4. The highest BCUT2D eigenvalue weighted by Crippen LogP contribution is 2.16. The molecule has 0 aliphatic rings. The predicted molar refractivity (Wildman–Crippen MR) is 69.9 cm³/mol. The summed E-state index contributed by atoms with van der Waals surface area (Å²) in [6.07, 6.45) is 0. The Balaban J connectivity index is 2.27. The van der Waals surface area contributed by atoms with Gasteiger partial charge in [0.1, 0.15) is 5.82 Å². The van der Waals surface area contributed by atoms with E-state index >= 15 is 0 Å². The first kappa shape index (κ1) is 13.4. The minimum Gasteiger partial charge on any atom is -0.478 e. The Morgan fingerprint density at radius 3 is 2.58 bits per heavy atom. The quantitative estimate of drug-likeness (QED) is 0.935. The maximum Gasteiger partial charge on any atom is 0.335 e. The molecule has 0 aliphatic heterocycles. The van der Waals surface area contributed by atoms with Gasteiger partial charge in [0, 0.05) is 4.90 Å². The van der Waals surface area contributed by atoms with Crippen molar-refractivity contribution in [2.24, 2.45) is 0 Å². The third kappa shape index (κ3) is 3.26. The van der Waals surface area contributed by atoms with Crippen LogP contribution in [0.5, 0.6) is 0 Å². The molecule has 0 aliphatic carbocycles. The van der Waals surface area contributed by atoms with Crippen LogP contribution in [0.4, 0.5) is 4.39 Å². The first-order chi connectivity index (χ1) is 9.08. The van der Waals surface area contributed by atoms with Gasteiger partial charge in [-0.1, -0.05) is 24.3 Å². The number of hydrogen-bond acceptors (Lipinski definition) is 2. The van der Waals surface area contributed by atoms with E-state index in [9.17, 15) is 13.4 Å². The van der Waals surface area contributed by atoms with Crippen molar-refractivity contribution in [1.29, 1.82) is 0 Å². The lowest BCUT2D eigenvalue weighted by Crippen LogP contribution is -2.05. The van der Waals surface area contributed by atoms with Gasteiger partial charge in [0.25, 0.3) is 0 Å². The second kappa shape index (κ2) is 5.75. The zero-order valence-electron chi connectivity index (χ0n) is 9.88. The Morgan fingerprint density at radius 2 is 1.89 bits per heavy atom. The number of rotatable bonds is 4. The van der Waals surface area contributed by atoms with Gasteiger partial charge in [0.2, 0.25) is 0 Å². The standard InChI is InChI=1S/C14H11FO3S/c15-11-5-3-6-12(8-11)19(18)9-10-4-1-2-7-13(10)14(16)17/h1-8H,9H2,(H,16,17). The average molecular weight is 278 g/mol. The van der Waals surface area contributed by atoms with Gasteiger partial charge >= 0.3 is 5.97 Å². The molecule has 0 fully saturated rings. The summed E-state index contributed by atoms with van der Waals surface area (Å²) < 4.78 is 25.1. The molecule has 98 valence electrons. The lowest BCUT2D eigenvalue weighted by atomic mass is 10.1. The van der Waals surface area contributed by atoms with E-state index in [1.807, 2.05) is 0 Å². The molecule has 19 heavy (non-hydrogen) atoms. The van der Waals surface area contributed by atoms with E-state index in [2.05, 4.69) is 0 Å². The summed E-state index contributed by atoms with van der Waals surface area (Å²) >= 11 is 0. The van der Waals surface area contributed by atoms with Gasteiger partial charge in [-0.25, -0.2) is 9.18 Å². The van der Waals surface area contributed by atoms with Gasteiger partial charge < -0.3 is 5.11 Å². The number of aromatic carboxylic acids is 1. The molecular formula is C14H11FO3S. The number of carboxylic acids is 1. The maximum absolute atomic E-state index is 13.0. The van der Waals surface area contributed by atoms with Crippen LogP contribution < -0.4 is 0 Å². The fraction of sp³-hybridized carbons (Fsp3) is 0.0714. The minimum atomic E-state index is -1.47. The zero-order chi connectivity index (χ0) is 13.8. The molecule has 0 aromatic heterocycles. The number of hydrogen-bond donors (Lipinski definition) is 1. The first-order valence-corrected chi connectivity index (χ1v) is 6.85. The van der Waals surface area contributed by atoms with Crippen LogP contribution in [0.25, 0.3) is 0 Å². The van der Waals surface area contributed by atoms with Crippen LogP contribution in [-0.2, 0) is 16.6 Å². The highest BCUT2D eigenvalue weighted by atomic mass is 32.2. The fourth-order valence-electron chi connectivity index (χ4n) is 1.69. The van der Waals surface area contributed by atoms with Crippen molar-refractivity contribution in [3.63, 3.8) is 0 Å². The van der Waals surface area contributed by atoms with E-state index in [0.717, 1.165) is 0 Å². The van der Waals surface area contributed by atoms with E-state index in [1.165, 1.54) is 24.3 Å². The van der Waals surface area contributed by atoms with Gasteiger partial charge in [0.05, 0.1) is 22.1 Å². The Labute approximate surface area is 112 Å². The Kier molecular flexibility index (Phi) is 4.06. The third-order valence-corrected chi connectivity index (χ3v) is 3.95. The molecule has 0 amide bonds. The number of carboxylic acid groups (broad SMARTS) is 1. The SMILES string of the molecule is O=C(O)c1ccccc1CS(=O)c1cccc(F)c1. The van der Waals surface area contributed by atoms with Crippen molar-refractivity contribution in [2.75, 3.05) is 0 Å². The van der Waals surface area contributed by atoms with Crippen LogP contribution in [0.1, 0.15) is 15.9 Å². The molecule has 0 heterocycles. The third-order valence-electron chi connectivity index (χ3n) is 2.59. The Morgan fingerprint density at radius 1 is 1.16 bits per heavy atom. The van der Waals surface area contributed by atoms with Crippen LogP contribution in [0, 0.1) is 5.82 Å². The Bertz CT molecular complexity index is 640. The van der Waals surface area contributed by atoms with Gasteiger partial charge in [0.15, 0.2) is 0 Å². The van der Waals surface area contributed by atoms with Crippen LogP contribution in [0.2, 0.25) is 0 Å². The molecule has 3 nitrogen and oxygen atoms in total. The summed E-state index contributed by atoms with van der Waals surface area (Å²) in [6, 6.07) is 11.9. The molecule has 1 N–H and O–H groups in total. The second-order valence-electron chi connectivity index (χ2n) is 3.91. The summed E-state index contributed by atoms with van der Waals surface area (Å²) in [5.41, 5.74) is 0.588. The largest absolute Gasteiger partial charge is 0.478 e. The predicted octanol–water partition coefficient (Wildman–Crippen LogP) is 2.83. The molecule has 0 saturated carbocycles. The van der Waals surface area contributed by atoms with Crippen LogP contribution in [0.15, 0.2) is 53.4 Å². The molecule has 2 rings (SSSR count). The molecule has 0 bridgehead atoms. The van der Waals surface area contributed by atoms with Crippen molar-refractivity contribution in [1.82, 2.24) is 0 Å². The van der Waals surface area contributed by atoms with Gasteiger partial charge in [-0.05, 0) is 29.8 Å². The monoisotopic (exact) mass is 278 g/mol. The molecule has 2 aromatic carbocycles. The van der Waals surface area contributed by atoms with E-state index < -0.39 is 22.6 Å². The topological polar surface area (TPSA) is 54.4 Å². The molecular weight excluding hydrogens is 267 g/mol. The summed E-state index contributed by atoms with van der Waals surface area (Å²) in [5.74, 6) is -1.48. The first-order valence-electron chi connectivity index (χ1n) is 5.53. The maximum atomic E-state index is 13.0. The van der Waals surface area contributed by atoms with Crippen molar-refractivity contribution in [3.8, 4) is 0 Å². The zero-order valence-corrected chi connectivity index (χ0v) is 10.7. The van der Waals surface area contributed by atoms with Gasteiger partial charge in [-0.3, -0.25) is 4.21 Å². The highest BCUT2D eigenvalue weighted by molar-refractivity contribution is 7.84. The molecule has 0 spiro atoms. The Hall–Kier alpha value is -2.01. The van der Waals surface area contributed by atoms with Crippen molar-refractivity contribution < 1.29 is 18.5 Å². The molecule has 1 atom stereocenters. The van der Waals surface area contributed by atoms with Gasteiger partial charge in [-0.2, -0.15) is 0 Å².